The molecule has 1 aliphatic rings. The molecule has 5 rings (SSSR count). The van der Waals surface area contributed by atoms with Crippen molar-refractivity contribution in [3.8, 4) is 5.75 Å². The van der Waals surface area contributed by atoms with Gasteiger partial charge < -0.3 is 14.2 Å². The van der Waals surface area contributed by atoms with Gasteiger partial charge in [-0.2, -0.15) is 0 Å². The molecule has 2 atom stereocenters. The highest BCUT2D eigenvalue weighted by molar-refractivity contribution is 5.96. The molecule has 2 unspecified atom stereocenters. The summed E-state index contributed by atoms with van der Waals surface area (Å²) in [6.07, 6.45) is 2.28. The third kappa shape index (κ3) is 4.85. The fraction of sp³-hybridized carbons (Fsp3) is 0.333. The van der Waals surface area contributed by atoms with Gasteiger partial charge in [0.1, 0.15) is 17.4 Å². The van der Waals surface area contributed by atoms with Crippen molar-refractivity contribution in [1.29, 1.82) is 0 Å². The fourth-order valence-electron chi connectivity index (χ4n) is 5.04. The average Bonchev–Trinajstić information content (AvgIpc) is 3.47. The number of anilines is 1. The summed E-state index contributed by atoms with van der Waals surface area (Å²) >= 11 is 0. The van der Waals surface area contributed by atoms with E-state index >= 15 is 0 Å². The topological polar surface area (TPSA) is 47.4 Å². The smallest absolute Gasteiger partial charge is 0.227 e. The lowest BCUT2D eigenvalue weighted by Gasteiger charge is -2.18. The van der Waals surface area contributed by atoms with Crippen molar-refractivity contribution in [2.45, 2.75) is 51.5 Å². The van der Waals surface area contributed by atoms with Gasteiger partial charge in [0.25, 0.3) is 0 Å². The van der Waals surface area contributed by atoms with Crippen molar-refractivity contribution in [1.82, 2.24) is 9.55 Å². The zero-order valence-corrected chi connectivity index (χ0v) is 20.9. The van der Waals surface area contributed by atoms with Crippen molar-refractivity contribution in [3.05, 3.63) is 90.0 Å². The van der Waals surface area contributed by atoms with E-state index in [9.17, 15) is 9.18 Å². The zero-order valence-electron chi connectivity index (χ0n) is 20.9. The van der Waals surface area contributed by atoms with E-state index in [-0.39, 0.29) is 17.6 Å². The molecule has 0 saturated carbocycles. The van der Waals surface area contributed by atoms with Crippen LogP contribution in [-0.2, 0) is 11.3 Å². The molecule has 6 heteroatoms. The van der Waals surface area contributed by atoms with E-state index in [1.54, 1.807) is 17.0 Å². The standard InChI is InChI=1S/C30H32FN3O2/c1-3-21(2)25-9-4-7-12-28(25)36-18-8-17-33-27-11-6-5-10-26(27)32-30(33)22-19-29(35)34(20-22)24-15-13-23(31)14-16-24/h4-7,9-16,21-22H,3,8,17-20H2,1-2H3. The number of nitrogens with zero attached hydrogens (tertiary/aromatic N) is 3. The molecule has 1 aliphatic heterocycles. The van der Waals surface area contributed by atoms with Crippen molar-refractivity contribution < 1.29 is 13.9 Å². The molecule has 1 saturated heterocycles. The number of hydrogen-bond acceptors (Lipinski definition) is 3. The number of halogens is 1. The summed E-state index contributed by atoms with van der Waals surface area (Å²) in [6, 6.07) is 22.5. The number of carbonyl (C=O) groups is 1. The number of ether oxygens (including phenoxy) is 1. The highest BCUT2D eigenvalue weighted by Gasteiger charge is 2.34. The predicted octanol–water partition coefficient (Wildman–Crippen LogP) is 6.68. The minimum atomic E-state index is -0.308. The maximum absolute atomic E-state index is 13.4. The number of para-hydroxylation sites is 3. The highest BCUT2D eigenvalue weighted by Crippen LogP contribution is 2.34. The highest BCUT2D eigenvalue weighted by atomic mass is 19.1. The summed E-state index contributed by atoms with van der Waals surface area (Å²) < 4.78 is 21.8. The Morgan fingerprint density at radius 2 is 1.81 bits per heavy atom. The second kappa shape index (κ2) is 10.5. The lowest BCUT2D eigenvalue weighted by molar-refractivity contribution is -0.117. The van der Waals surface area contributed by atoms with Crippen LogP contribution in [0.5, 0.6) is 5.75 Å². The van der Waals surface area contributed by atoms with Gasteiger partial charge in [-0.05, 0) is 66.8 Å². The molecule has 3 aromatic carbocycles. The molecule has 0 radical (unpaired) electrons. The second-order valence-corrected chi connectivity index (χ2v) is 9.54. The van der Waals surface area contributed by atoms with E-state index in [0.29, 0.717) is 25.5 Å². The van der Waals surface area contributed by atoms with Gasteiger partial charge in [-0.15, -0.1) is 0 Å². The van der Waals surface area contributed by atoms with Crippen LogP contribution in [0.4, 0.5) is 10.1 Å². The number of amides is 1. The molecule has 1 amide bonds. The normalized spacial score (nSPS) is 16.6. The monoisotopic (exact) mass is 485 g/mol. The molecule has 5 nitrogen and oxygen atoms in total. The third-order valence-corrected chi connectivity index (χ3v) is 7.16. The fourth-order valence-corrected chi connectivity index (χ4v) is 5.04. The number of aryl methyl sites for hydroxylation is 1. The largest absolute Gasteiger partial charge is 0.493 e. The summed E-state index contributed by atoms with van der Waals surface area (Å²) in [6.45, 7) is 6.31. The maximum Gasteiger partial charge on any atom is 0.227 e. The molecule has 0 bridgehead atoms. The Labute approximate surface area is 211 Å². The number of carbonyl (C=O) groups excluding carboxylic acids is 1. The van der Waals surface area contributed by atoms with Crippen LogP contribution in [0.15, 0.2) is 72.8 Å². The van der Waals surface area contributed by atoms with Crippen molar-refractivity contribution >= 4 is 22.6 Å². The lowest BCUT2D eigenvalue weighted by Crippen LogP contribution is -2.24. The molecular weight excluding hydrogens is 453 g/mol. The van der Waals surface area contributed by atoms with Gasteiger partial charge in [0.15, 0.2) is 0 Å². The van der Waals surface area contributed by atoms with Gasteiger partial charge in [-0.3, -0.25) is 4.79 Å². The zero-order chi connectivity index (χ0) is 25.1. The Balaban J connectivity index is 1.33. The minimum absolute atomic E-state index is 0.0259. The van der Waals surface area contributed by atoms with Crippen LogP contribution in [0.1, 0.15) is 56.3 Å². The van der Waals surface area contributed by atoms with E-state index in [1.165, 1.54) is 17.7 Å². The lowest BCUT2D eigenvalue weighted by atomic mass is 9.98. The Morgan fingerprint density at radius 1 is 1.06 bits per heavy atom. The number of hydrogen-bond donors (Lipinski definition) is 0. The first-order valence-electron chi connectivity index (χ1n) is 12.8. The summed E-state index contributed by atoms with van der Waals surface area (Å²) in [5.74, 6) is 2.04. The minimum Gasteiger partial charge on any atom is -0.493 e. The predicted molar refractivity (Wildman–Crippen MR) is 141 cm³/mol. The summed E-state index contributed by atoms with van der Waals surface area (Å²) in [5.41, 5.74) is 3.97. The summed E-state index contributed by atoms with van der Waals surface area (Å²) in [4.78, 5) is 19.6. The van der Waals surface area contributed by atoms with Crippen LogP contribution >= 0.6 is 0 Å². The average molecular weight is 486 g/mol. The Bertz CT molecular complexity index is 1350. The van der Waals surface area contributed by atoms with E-state index in [2.05, 4.69) is 36.6 Å². The van der Waals surface area contributed by atoms with Gasteiger partial charge in [0.05, 0.1) is 17.6 Å². The number of benzene rings is 3. The van der Waals surface area contributed by atoms with Crippen LogP contribution < -0.4 is 9.64 Å². The molecule has 0 aliphatic carbocycles. The number of fused-ring (bicyclic) bond motifs is 1. The van der Waals surface area contributed by atoms with Crippen molar-refractivity contribution in [2.75, 3.05) is 18.1 Å². The molecule has 2 heterocycles. The van der Waals surface area contributed by atoms with E-state index in [0.717, 1.165) is 47.7 Å². The Morgan fingerprint density at radius 3 is 2.61 bits per heavy atom. The van der Waals surface area contributed by atoms with Crippen molar-refractivity contribution in [2.24, 2.45) is 0 Å². The first-order valence-corrected chi connectivity index (χ1v) is 12.8. The number of imidazole rings is 1. The molecule has 0 spiro atoms. The maximum atomic E-state index is 13.4. The Hall–Kier alpha value is -3.67. The first kappa shape index (κ1) is 24.0. The van der Waals surface area contributed by atoms with Gasteiger partial charge in [-0.25, -0.2) is 9.37 Å². The van der Waals surface area contributed by atoms with Crippen LogP contribution in [0.2, 0.25) is 0 Å². The van der Waals surface area contributed by atoms with Gasteiger partial charge in [0, 0.05) is 31.1 Å². The van der Waals surface area contributed by atoms with Crippen LogP contribution in [0.25, 0.3) is 11.0 Å². The second-order valence-electron chi connectivity index (χ2n) is 9.54. The third-order valence-electron chi connectivity index (χ3n) is 7.16. The van der Waals surface area contributed by atoms with Crippen LogP contribution in [-0.4, -0.2) is 28.6 Å². The summed E-state index contributed by atoms with van der Waals surface area (Å²) in [5, 5.41) is 0. The van der Waals surface area contributed by atoms with Gasteiger partial charge in [0.2, 0.25) is 5.91 Å². The van der Waals surface area contributed by atoms with Gasteiger partial charge >= 0.3 is 0 Å². The molecule has 186 valence electrons. The number of rotatable bonds is 9. The van der Waals surface area contributed by atoms with Gasteiger partial charge in [-0.1, -0.05) is 44.2 Å². The molecule has 36 heavy (non-hydrogen) atoms. The molecule has 1 aromatic heterocycles. The van der Waals surface area contributed by atoms with Crippen molar-refractivity contribution in [3.63, 3.8) is 0 Å². The SMILES string of the molecule is CCC(C)c1ccccc1OCCCn1c(C2CC(=O)N(c3ccc(F)cc3)C2)nc2ccccc21. The van der Waals surface area contributed by atoms with Crippen LogP contribution in [0.3, 0.4) is 0 Å². The molecular formula is C30H32FN3O2. The van der Waals surface area contributed by atoms with Crippen LogP contribution in [0, 0.1) is 5.82 Å². The Kier molecular flexibility index (Phi) is 7.03. The van der Waals surface area contributed by atoms with E-state index < -0.39 is 0 Å². The van der Waals surface area contributed by atoms with E-state index in [1.807, 2.05) is 30.3 Å². The molecule has 4 aromatic rings. The number of aromatic nitrogens is 2. The summed E-state index contributed by atoms with van der Waals surface area (Å²) in [7, 11) is 0. The molecule has 0 N–H and O–H groups in total. The quantitative estimate of drug-likeness (QED) is 0.249. The first-order chi connectivity index (χ1) is 17.5. The molecule has 1 fully saturated rings. The van der Waals surface area contributed by atoms with E-state index in [4.69, 9.17) is 9.72 Å².